The molecule has 1 aromatic heterocycles. The molecule has 0 radical (unpaired) electrons. The number of thioether (sulfide) groups is 1. The van der Waals surface area contributed by atoms with Crippen LogP contribution in [0.25, 0.3) is 0 Å². The fourth-order valence-corrected chi connectivity index (χ4v) is 4.15. The number of carbonyl (C=O) groups excluding carboxylic acids is 1. The van der Waals surface area contributed by atoms with Crippen molar-refractivity contribution in [1.29, 1.82) is 0 Å². The number of amides is 1. The third-order valence-corrected chi connectivity index (χ3v) is 5.88. The molecule has 1 aromatic carbocycles. The van der Waals surface area contributed by atoms with Crippen LogP contribution in [-0.4, -0.2) is 39.4 Å². The summed E-state index contributed by atoms with van der Waals surface area (Å²) in [7, 11) is -3.54. The van der Waals surface area contributed by atoms with Crippen LogP contribution >= 0.6 is 11.8 Å². The standard InChI is InChI=1S/C18H24N2O4S2/c1-15-7-3-4-9-17(15)20(26(2,22)23)13-18(21)19-10-6-12-25-14-16-8-5-11-24-16/h3-5,7-9,11H,6,10,12-14H2,1-2H3,(H,19,21). The van der Waals surface area contributed by atoms with E-state index in [1.165, 1.54) is 0 Å². The van der Waals surface area contributed by atoms with E-state index in [0.717, 1.165) is 39.8 Å². The molecule has 2 aromatic rings. The Hall–Kier alpha value is -1.93. The number of nitrogens with zero attached hydrogens (tertiary/aromatic N) is 1. The summed E-state index contributed by atoms with van der Waals surface area (Å²) in [6, 6.07) is 10.9. The van der Waals surface area contributed by atoms with Crippen LogP contribution in [0.2, 0.25) is 0 Å². The number of anilines is 1. The van der Waals surface area contributed by atoms with Crippen molar-refractivity contribution < 1.29 is 17.6 Å². The molecule has 0 bridgehead atoms. The van der Waals surface area contributed by atoms with Crippen molar-refractivity contribution in [1.82, 2.24) is 5.32 Å². The maximum absolute atomic E-state index is 12.2. The average molecular weight is 397 g/mol. The minimum Gasteiger partial charge on any atom is -0.468 e. The predicted molar refractivity (Wildman–Crippen MR) is 106 cm³/mol. The van der Waals surface area contributed by atoms with Crippen LogP contribution in [0.5, 0.6) is 0 Å². The summed E-state index contributed by atoms with van der Waals surface area (Å²) in [5.74, 6) is 2.31. The molecule has 1 amide bonds. The minimum absolute atomic E-state index is 0.219. The van der Waals surface area contributed by atoms with Crippen molar-refractivity contribution in [2.24, 2.45) is 0 Å². The summed E-state index contributed by atoms with van der Waals surface area (Å²) in [5.41, 5.74) is 1.33. The molecule has 0 fully saturated rings. The number of carbonyl (C=O) groups is 1. The van der Waals surface area contributed by atoms with Gasteiger partial charge in [0.1, 0.15) is 12.3 Å². The van der Waals surface area contributed by atoms with Crippen LogP contribution < -0.4 is 9.62 Å². The molecule has 0 saturated heterocycles. The van der Waals surface area contributed by atoms with Crippen LogP contribution in [0.15, 0.2) is 47.1 Å². The fraction of sp³-hybridized carbons (Fsp3) is 0.389. The fourth-order valence-electron chi connectivity index (χ4n) is 2.38. The van der Waals surface area contributed by atoms with E-state index in [1.807, 2.05) is 31.2 Å². The third-order valence-electron chi connectivity index (χ3n) is 3.68. The Morgan fingerprint density at radius 2 is 2.00 bits per heavy atom. The average Bonchev–Trinajstić information content (AvgIpc) is 3.09. The first-order chi connectivity index (χ1) is 12.4. The van der Waals surface area contributed by atoms with Crippen molar-refractivity contribution in [2.75, 3.05) is 29.4 Å². The summed E-state index contributed by atoms with van der Waals surface area (Å²) >= 11 is 1.73. The first-order valence-corrected chi connectivity index (χ1v) is 11.3. The summed E-state index contributed by atoms with van der Waals surface area (Å²) < 4.78 is 30.6. The van der Waals surface area contributed by atoms with Crippen LogP contribution in [-0.2, 0) is 20.6 Å². The van der Waals surface area contributed by atoms with E-state index in [-0.39, 0.29) is 12.5 Å². The van der Waals surface area contributed by atoms with Gasteiger partial charge in [-0.2, -0.15) is 11.8 Å². The van der Waals surface area contributed by atoms with Gasteiger partial charge >= 0.3 is 0 Å². The largest absolute Gasteiger partial charge is 0.468 e. The lowest BCUT2D eigenvalue weighted by molar-refractivity contribution is -0.119. The van der Waals surface area contributed by atoms with Gasteiger partial charge in [-0.15, -0.1) is 0 Å². The summed E-state index contributed by atoms with van der Waals surface area (Å²) in [5, 5.41) is 2.79. The van der Waals surface area contributed by atoms with Crippen molar-refractivity contribution in [3.63, 3.8) is 0 Å². The molecule has 2 rings (SSSR count). The Kier molecular flexibility index (Phi) is 7.59. The van der Waals surface area contributed by atoms with Crippen LogP contribution in [0.4, 0.5) is 5.69 Å². The molecular formula is C18H24N2O4S2. The molecule has 1 heterocycles. The van der Waals surface area contributed by atoms with E-state index in [4.69, 9.17) is 4.42 Å². The molecule has 0 aliphatic heterocycles. The molecule has 0 unspecified atom stereocenters. The molecule has 6 nitrogen and oxygen atoms in total. The number of hydrogen-bond acceptors (Lipinski definition) is 5. The number of aryl methyl sites for hydroxylation is 1. The first kappa shape index (κ1) is 20.4. The van der Waals surface area contributed by atoms with Gasteiger partial charge in [-0.25, -0.2) is 8.42 Å². The zero-order valence-corrected chi connectivity index (χ0v) is 16.6. The molecule has 0 saturated carbocycles. The Morgan fingerprint density at radius 3 is 2.65 bits per heavy atom. The minimum atomic E-state index is -3.54. The van der Waals surface area contributed by atoms with Gasteiger partial charge < -0.3 is 9.73 Å². The second-order valence-corrected chi connectivity index (χ2v) is 8.90. The van der Waals surface area contributed by atoms with E-state index >= 15 is 0 Å². The number of nitrogens with one attached hydrogen (secondary N) is 1. The third kappa shape index (κ3) is 6.42. The summed E-state index contributed by atoms with van der Waals surface area (Å²) in [6.07, 6.45) is 3.57. The second kappa shape index (κ2) is 9.68. The monoisotopic (exact) mass is 396 g/mol. The van der Waals surface area contributed by atoms with Crippen LogP contribution in [0, 0.1) is 6.92 Å². The predicted octanol–water partition coefficient (Wildman–Crippen LogP) is 2.79. The van der Waals surface area contributed by atoms with Gasteiger partial charge in [0.15, 0.2) is 0 Å². The molecule has 8 heteroatoms. The molecule has 26 heavy (non-hydrogen) atoms. The van der Waals surface area contributed by atoms with Crippen molar-refractivity contribution in [2.45, 2.75) is 19.1 Å². The summed E-state index contributed by atoms with van der Waals surface area (Å²) in [4.78, 5) is 12.2. The smallest absolute Gasteiger partial charge is 0.240 e. The van der Waals surface area contributed by atoms with Crippen molar-refractivity contribution >= 4 is 33.4 Å². The highest BCUT2D eigenvalue weighted by atomic mass is 32.2. The molecule has 142 valence electrons. The number of hydrogen-bond donors (Lipinski definition) is 1. The van der Waals surface area contributed by atoms with Gasteiger partial charge in [0.25, 0.3) is 0 Å². The van der Waals surface area contributed by atoms with Gasteiger partial charge in [0.05, 0.1) is 24.0 Å². The topological polar surface area (TPSA) is 79.6 Å². The van der Waals surface area contributed by atoms with E-state index in [1.54, 1.807) is 30.2 Å². The van der Waals surface area contributed by atoms with Crippen LogP contribution in [0.1, 0.15) is 17.7 Å². The molecule has 1 N–H and O–H groups in total. The first-order valence-electron chi connectivity index (χ1n) is 8.28. The highest BCUT2D eigenvalue weighted by Gasteiger charge is 2.21. The Labute approximate surface area is 159 Å². The maximum atomic E-state index is 12.2. The lowest BCUT2D eigenvalue weighted by Gasteiger charge is -2.23. The Balaban J connectivity index is 1.78. The molecule has 0 spiro atoms. The van der Waals surface area contributed by atoms with Crippen molar-refractivity contribution in [3.8, 4) is 0 Å². The van der Waals surface area contributed by atoms with Gasteiger partial charge in [-0.1, -0.05) is 18.2 Å². The van der Waals surface area contributed by atoms with Gasteiger partial charge in [0.2, 0.25) is 15.9 Å². The second-order valence-electron chi connectivity index (χ2n) is 5.89. The van der Waals surface area contributed by atoms with Gasteiger partial charge in [0, 0.05) is 6.54 Å². The van der Waals surface area contributed by atoms with E-state index in [9.17, 15) is 13.2 Å². The number of para-hydroxylation sites is 1. The van der Waals surface area contributed by atoms with Crippen LogP contribution in [0.3, 0.4) is 0 Å². The highest BCUT2D eigenvalue weighted by molar-refractivity contribution is 7.98. The van der Waals surface area contributed by atoms with Gasteiger partial charge in [-0.05, 0) is 42.9 Å². The lowest BCUT2D eigenvalue weighted by atomic mass is 10.2. The number of sulfonamides is 1. The zero-order chi connectivity index (χ0) is 19.0. The number of rotatable bonds is 10. The highest BCUT2D eigenvalue weighted by Crippen LogP contribution is 2.21. The lowest BCUT2D eigenvalue weighted by Crippen LogP contribution is -2.41. The van der Waals surface area contributed by atoms with E-state index in [0.29, 0.717) is 12.2 Å². The summed E-state index contributed by atoms with van der Waals surface area (Å²) in [6.45, 7) is 2.11. The zero-order valence-electron chi connectivity index (χ0n) is 15.0. The van der Waals surface area contributed by atoms with Gasteiger partial charge in [-0.3, -0.25) is 9.10 Å². The molecule has 0 aliphatic rings. The Bertz CT molecular complexity index is 804. The Morgan fingerprint density at radius 1 is 1.23 bits per heavy atom. The SMILES string of the molecule is Cc1ccccc1N(CC(=O)NCCCSCc1ccco1)S(C)(=O)=O. The molecular weight excluding hydrogens is 372 g/mol. The molecule has 0 aliphatic carbocycles. The number of furan rings is 1. The number of benzene rings is 1. The normalized spacial score (nSPS) is 11.3. The van der Waals surface area contributed by atoms with E-state index in [2.05, 4.69) is 5.32 Å². The van der Waals surface area contributed by atoms with Crippen molar-refractivity contribution in [3.05, 3.63) is 54.0 Å². The quantitative estimate of drug-likeness (QED) is 0.625. The maximum Gasteiger partial charge on any atom is 0.240 e. The van der Waals surface area contributed by atoms with E-state index < -0.39 is 10.0 Å². The molecule has 0 atom stereocenters.